The Kier molecular flexibility index (Phi) is 6.84. The van der Waals surface area contributed by atoms with Gasteiger partial charge in [-0.25, -0.2) is 4.39 Å². The second-order valence-corrected chi connectivity index (χ2v) is 9.04. The molecule has 0 aliphatic rings. The molecule has 0 spiro atoms. The van der Waals surface area contributed by atoms with Gasteiger partial charge in [-0.3, -0.25) is 14.7 Å². The Morgan fingerprint density at radius 3 is 2.26 bits per heavy atom. The molecule has 0 aliphatic carbocycles. The minimum Gasteiger partial charge on any atom is -0.376 e. The van der Waals surface area contributed by atoms with Crippen LogP contribution in [-0.2, 0) is 6.18 Å². The summed E-state index contributed by atoms with van der Waals surface area (Å²) < 4.78 is 56.4. The molecule has 0 atom stereocenters. The van der Waals surface area contributed by atoms with Crippen molar-refractivity contribution >= 4 is 45.4 Å². The number of fused-ring (bicyclic) bond motifs is 1. The van der Waals surface area contributed by atoms with E-state index < -0.39 is 23.3 Å². The van der Waals surface area contributed by atoms with Gasteiger partial charge in [-0.15, -0.1) is 0 Å². The number of para-hydroxylation sites is 2. The number of nitrogens with zero attached hydrogens (tertiary/aromatic N) is 2. The van der Waals surface area contributed by atoms with E-state index in [1.165, 1.54) is 35.2 Å². The van der Waals surface area contributed by atoms with Crippen LogP contribution < -0.4 is 10.6 Å². The Labute approximate surface area is 226 Å². The largest absolute Gasteiger partial charge is 0.418 e. The molecule has 9 heteroatoms. The van der Waals surface area contributed by atoms with Crippen LogP contribution in [0.1, 0.15) is 21.5 Å². The highest BCUT2D eigenvalue weighted by molar-refractivity contribution is 7.80. The van der Waals surface area contributed by atoms with Gasteiger partial charge in [-0.05, 0) is 48.1 Å². The number of nitrogens with two attached hydrogens (primary N) is 1. The van der Waals surface area contributed by atoms with Crippen molar-refractivity contribution in [3.63, 3.8) is 0 Å². The van der Waals surface area contributed by atoms with Crippen LogP contribution in [0.5, 0.6) is 0 Å². The normalized spacial score (nSPS) is 11.4. The number of carbonyl (C=O) groups is 1. The van der Waals surface area contributed by atoms with Gasteiger partial charge >= 0.3 is 6.18 Å². The zero-order valence-electron chi connectivity index (χ0n) is 20.1. The summed E-state index contributed by atoms with van der Waals surface area (Å²) in [7, 11) is 0. The van der Waals surface area contributed by atoms with E-state index in [2.05, 4.69) is 4.98 Å². The van der Waals surface area contributed by atoms with Crippen LogP contribution in [0.15, 0.2) is 103 Å². The van der Waals surface area contributed by atoms with E-state index in [4.69, 9.17) is 18.0 Å². The molecule has 5 rings (SSSR count). The van der Waals surface area contributed by atoms with Gasteiger partial charge in [0.05, 0.1) is 16.8 Å². The fourth-order valence-electron chi connectivity index (χ4n) is 4.50. The monoisotopic (exact) mass is 545 g/mol. The SMILES string of the molecule is NC(=S)N(c1cccc(-c2c(C(=O)c3ccccc3)cnc3c(C(F)(F)F)cccc23)c1)c1ccccc1F. The lowest BCUT2D eigenvalue weighted by molar-refractivity contribution is -0.136. The van der Waals surface area contributed by atoms with Gasteiger partial charge in [0.15, 0.2) is 10.9 Å². The summed E-state index contributed by atoms with van der Waals surface area (Å²) in [6, 6.07) is 24.5. The van der Waals surface area contributed by atoms with Crippen LogP contribution in [0.4, 0.5) is 28.9 Å². The van der Waals surface area contributed by atoms with E-state index in [1.807, 2.05) is 0 Å². The van der Waals surface area contributed by atoms with Gasteiger partial charge in [-0.1, -0.05) is 66.7 Å². The van der Waals surface area contributed by atoms with Gasteiger partial charge in [0, 0.05) is 34.0 Å². The quantitative estimate of drug-likeness (QED) is 0.140. The number of rotatable bonds is 5. The first-order chi connectivity index (χ1) is 18.7. The topological polar surface area (TPSA) is 59.2 Å². The molecule has 0 unspecified atom stereocenters. The Hall–Kier alpha value is -4.63. The van der Waals surface area contributed by atoms with Gasteiger partial charge in [0.1, 0.15) is 5.82 Å². The molecule has 0 aliphatic heterocycles. The van der Waals surface area contributed by atoms with Crippen LogP contribution in [0.2, 0.25) is 0 Å². The molecule has 2 N–H and O–H groups in total. The predicted octanol–water partition coefficient (Wildman–Crippen LogP) is 7.67. The molecular weight excluding hydrogens is 526 g/mol. The first-order valence-electron chi connectivity index (χ1n) is 11.7. The molecule has 194 valence electrons. The maximum Gasteiger partial charge on any atom is 0.418 e. The van der Waals surface area contributed by atoms with E-state index in [0.717, 1.165) is 12.3 Å². The third-order valence-corrected chi connectivity index (χ3v) is 6.37. The molecule has 4 nitrogen and oxygen atoms in total. The van der Waals surface area contributed by atoms with Crippen molar-refractivity contribution in [3.8, 4) is 11.1 Å². The van der Waals surface area contributed by atoms with Crippen molar-refractivity contribution in [3.05, 3.63) is 126 Å². The molecule has 0 bridgehead atoms. The third kappa shape index (κ3) is 4.96. The fourth-order valence-corrected chi connectivity index (χ4v) is 4.70. The highest BCUT2D eigenvalue weighted by Gasteiger charge is 2.34. The number of aromatic nitrogens is 1. The maximum absolute atomic E-state index is 14.7. The van der Waals surface area contributed by atoms with Crippen molar-refractivity contribution in [2.24, 2.45) is 5.73 Å². The number of ketones is 1. The highest BCUT2D eigenvalue weighted by atomic mass is 32.1. The minimum absolute atomic E-state index is 0.0988. The van der Waals surface area contributed by atoms with Crippen molar-refractivity contribution in [2.45, 2.75) is 6.18 Å². The van der Waals surface area contributed by atoms with Gasteiger partial charge in [0.25, 0.3) is 0 Å². The summed E-state index contributed by atoms with van der Waals surface area (Å²) in [5.41, 5.74) is 6.32. The van der Waals surface area contributed by atoms with Crippen molar-refractivity contribution in [1.82, 2.24) is 4.98 Å². The first-order valence-corrected chi connectivity index (χ1v) is 12.1. The third-order valence-electron chi connectivity index (χ3n) is 6.19. The molecule has 1 aromatic heterocycles. The average molecular weight is 546 g/mol. The van der Waals surface area contributed by atoms with E-state index in [1.54, 1.807) is 60.7 Å². The van der Waals surface area contributed by atoms with Crippen LogP contribution in [0.3, 0.4) is 0 Å². The molecule has 0 amide bonds. The number of thiocarbonyl (C=S) groups is 1. The number of halogens is 4. The van der Waals surface area contributed by atoms with E-state index in [-0.39, 0.29) is 32.8 Å². The van der Waals surface area contributed by atoms with E-state index >= 15 is 0 Å². The Balaban J connectivity index is 1.79. The van der Waals surface area contributed by atoms with Crippen molar-refractivity contribution in [2.75, 3.05) is 4.90 Å². The molecule has 1 heterocycles. The highest BCUT2D eigenvalue weighted by Crippen LogP contribution is 2.40. The van der Waals surface area contributed by atoms with Crippen molar-refractivity contribution < 1.29 is 22.4 Å². The Morgan fingerprint density at radius 1 is 0.872 bits per heavy atom. The van der Waals surface area contributed by atoms with Crippen LogP contribution >= 0.6 is 12.2 Å². The number of carbonyl (C=O) groups excluding carboxylic acids is 1. The summed E-state index contributed by atoms with van der Waals surface area (Å²) in [6.07, 6.45) is -3.50. The molecule has 0 radical (unpaired) electrons. The molecule has 0 fully saturated rings. The lowest BCUT2D eigenvalue weighted by atomic mass is 9.91. The summed E-state index contributed by atoms with van der Waals surface area (Å²) in [5, 5.41) is -0.00620. The number of benzene rings is 4. The number of anilines is 2. The minimum atomic E-state index is -4.66. The predicted molar refractivity (Wildman–Crippen MR) is 147 cm³/mol. The zero-order valence-corrected chi connectivity index (χ0v) is 20.9. The second-order valence-electron chi connectivity index (χ2n) is 8.62. The molecule has 4 aromatic carbocycles. The van der Waals surface area contributed by atoms with Crippen LogP contribution in [0.25, 0.3) is 22.0 Å². The lowest BCUT2D eigenvalue weighted by Crippen LogP contribution is -2.31. The number of pyridine rings is 1. The first kappa shape index (κ1) is 26.0. The summed E-state index contributed by atoms with van der Waals surface area (Å²) in [5.74, 6) is -0.983. The fraction of sp³-hybridized carbons (Fsp3) is 0.0333. The summed E-state index contributed by atoms with van der Waals surface area (Å²) in [4.78, 5) is 19.0. The molecule has 5 aromatic rings. The van der Waals surface area contributed by atoms with Crippen LogP contribution in [0, 0.1) is 5.82 Å². The number of hydrogen-bond donors (Lipinski definition) is 1. The summed E-state index contributed by atoms with van der Waals surface area (Å²) in [6.45, 7) is 0. The Bertz CT molecular complexity index is 1720. The molecule has 0 saturated heterocycles. The lowest BCUT2D eigenvalue weighted by Gasteiger charge is -2.24. The van der Waals surface area contributed by atoms with E-state index in [0.29, 0.717) is 16.8 Å². The Morgan fingerprint density at radius 2 is 1.56 bits per heavy atom. The molecule has 39 heavy (non-hydrogen) atoms. The smallest absolute Gasteiger partial charge is 0.376 e. The van der Waals surface area contributed by atoms with Gasteiger partial charge in [-0.2, -0.15) is 13.2 Å². The van der Waals surface area contributed by atoms with Crippen LogP contribution in [-0.4, -0.2) is 15.9 Å². The number of hydrogen-bond acceptors (Lipinski definition) is 3. The zero-order chi connectivity index (χ0) is 27.7. The average Bonchev–Trinajstić information content (AvgIpc) is 2.93. The van der Waals surface area contributed by atoms with E-state index in [9.17, 15) is 22.4 Å². The maximum atomic E-state index is 14.7. The second kappa shape index (κ2) is 10.3. The summed E-state index contributed by atoms with van der Waals surface area (Å²) >= 11 is 5.21. The van der Waals surface area contributed by atoms with Gasteiger partial charge < -0.3 is 5.73 Å². The number of alkyl halides is 3. The standard InChI is InChI=1S/C30H19F4N3OS/c31-24-14-4-5-15-25(24)37(29(35)39)20-11-6-10-19(16-20)26-21-12-7-13-23(30(32,33)34)27(21)36-17-22(26)28(38)18-8-2-1-3-9-18/h1-17H,(H2,35,39). The van der Waals surface area contributed by atoms with Crippen molar-refractivity contribution in [1.29, 1.82) is 0 Å². The van der Waals surface area contributed by atoms with Gasteiger partial charge in [0.2, 0.25) is 0 Å². The molecule has 0 saturated carbocycles. The molecular formula is C30H19F4N3OS.